The molecule has 0 aromatic carbocycles. The quantitative estimate of drug-likeness (QED) is 0.331. The van der Waals surface area contributed by atoms with Gasteiger partial charge in [-0.25, -0.2) is 0 Å². The van der Waals surface area contributed by atoms with Crippen LogP contribution >= 0.6 is 24.0 Å². The highest BCUT2D eigenvalue weighted by Crippen LogP contribution is 2.04. The van der Waals surface area contributed by atoms with E-state index >= 15 is 0 Å². The van der Waals surface area contributed by atoms with E-state index in [0.717, 1.165) is 45.3 Å². The van der Waals surface area contributed by atoms with Crippen LogP contribution in [0.3, 0.4) is 0 Å². The lowest BCUT2D eigenvalue weighted by atomic mass is 10.2. The van der Waals surface area contributed by atoms with Crippen molar-refractivity contribution < 1.29 is 4.74 Å². The number of nitrogens with one attached hydrogen (secondary N) is 2. The monoisotopic (exact) mass is 455 g/mol. The number of halogens is 1. The van der Waals surface area contributed by atoms with Crippen LogP contribution in [-0.2, 0) is 4.74 Å². The minimum Gasteiger partial charge on any atom is -0.374 e. The van der Waals surface area contributed by atoms with E-state index in [-0.39, 0.29) is 30.1 Å². The standard InChI is InChI=1S/C17H37N5O.HI/c1-7-18-17(19-8-9-22(14(2)3)15(4)5)20-12-16-13-21(6)10-11-23-16;/h14-16H,7-13H2,1-6H3,(H2,18,19,20);1H. The van der Waals surface area contributed by atoms with Crippen LogP contribution < -0.4 is 10.6 Å². The lowest BCUT2D eigenvalue weighted by Gasteiger charge is -2.31. The van der Waals surface area contributed by atoms with E-state index in [1.807, 2.05) is 0 Å². The maximum atomic E-state index is 5.77. The minimum absolute atomic E-state index is 0. The summed E-state index contributed by atoms with van der Waals surface area (Å²) in [5, 5.41) is 6.76. The van der Waals surface area contributed by atoms with E-state index in [1.54, 1.807) is 0 Å². The Morgan fingerprint density at radius 1 is 1.25 bits per heavy atom. The molecule has 24 heavy (non-hydrogen) atoms. The van der Waals surface area contributed by atoms with Crippen LogP contribution in [0.1, 0.15) is 34.6 Å². The number of ether oxygens (including phenoxy) is 1. The maximum Gasteiger partial charge on any atom is 0.191 e. The number of rotatable bonds is 8. The molecule has 0 radical (unpaired) electrons. The molecule has 144 valence electrons. The molecule has 1 unspecified atom stereocenters. The van der Waals surface area contributed by atoms with E-state index in [2.05, 4.69) is 67.1 Å². The molecule has 1 aliphatic rings. The first-order valence-corrected chi connectivity index (χ1v) is 9.02. The highest BCUT2D eigenvalue weighted by Gasteiger charge is 2.17. The van der Waals surface area contributed by atoms with Gasteiger partial charge in [0.25, 0.3) is 0 Å². The second-order valence-corrected chi connectivity index (χ2v) is 6.83. The van der Waals surface area contributed by atoms with Crippen LogP contribution in [0.2, 0.25) is 0 Å². The van der Waals surface area contributed by atoms with Crippen molar-refractivity contribution in [1.82, 2.24) is 20.4 Å². The summed E-state index contributed by atoms with van der Waals surface area (Å²) in [5.74, 6) is 0.886. The van der Waals surface area contributed by atoms with Crippen LogP contribution in [0.25, 0.3) is 0 Å². The zero-order valence-corrected chi connectivity index (χ0v) is 18.7. The Labute approximate surface area is 165 Å². The van der Waals surface area contributed by atoms with E-state index in [4.69, 9.17) is 4.74 Å². The molecule has 1 heterocycles. The van der Waals surface area contributed by atoms with Gasteiger partial charge in [-0.05, 0) is 41.7 Å². The number of guanidine groups is 1. The molecule has 2 N–H and O–H groups in total. The molecular weight excluding hydrogens is 417 g/mol. The van der Waals surface area contributed by atoms with Gasteiger partial charge in [-0.2, -0.15) is 0 Å². The maximum absolute atomic E-state index is 5.77. The Kier molecular flexibility index (Phi) is 13.1. The third-order valence-electron chi connectivity index (χ3n) is 4.13. The predicted octanol–water partition coefficient (Wildman–Crippen LogP) is 1.61. The van der Waals surface area contributed by atoms with Gasteiger partial charge in [0, 0.05) is 44.8 Å². The predicted molar refractivity (Wildman–Crippen MR) is 114 cm³/mol. The van der Waals surface area contributed by atoms with Crippen molar-refractivity contribution in [3.05, 3.63) is 0 Å². The fraction of sp³-hybridized carbons (Fsp3) is 0.941. The molecule has 1 aliphatic heterocycles. The first-order chi connectivity index (χ1) is 10.9. The Bertz CT molecular complexity index is 344. The second kappa shape index (κ2) is 13.1. The molecule has 0 aliphatic carbocycles. The van der Waals surface area contributed by atoms with Gasteiger partial charge in [-0.15, -0.1) is 24.0 Å². The molecule has 0 amide bonds. The largest absolute Gasteiger partial charge is 0.374 e. The number of hydrogen-bond donors (Lipinski definition) is 2. The van der Waals surface area contributed by atoms with Gasteiger partial charge >= 0.3 is 0 Å². The van der Waals surface area contributed by atoms with Crippen LogP contribution in [0.5, 0.6) is 0 Å². The van der Waals surface area contributed by atoms with Crippen molar-refractivity contribution in [2.75, 3.05) is 52.9 Å². The molecule has 0 aromatic heterocycles. The van der Waals surface area contributed by atoms with E-state index < -0.39 is 0 Å². The van der Waals surface area contributed by atoms with Crippen LogP contribution in [-0.4, -0.2) is 86.9 Å². The molecule has 6 nitrogen and oxygen atoms in total. The smallest absolute Gasteiger partial charge is 0.191 e. The molecule has 7 heteroatoms. The molecule has 1 fully saturated rings. The van der Waals surface area contributed by atoms with Crippen LogP contribution in [0.15, 0.2) is 4.99 Å². The van der Waals surface area contributed by atoms with Gasteiger partial charge in [0.15, 0.2) is 5.96 Å². The van der Waals surface area contributed by atoms with Gasteiger partial charge < -0.3 is 20.3 Å². The van der Waals surface area contributed by atoms with Crippen LogP contribution in [0, 0.1) is 0 Å². The van der Waals surface area contributed by atoms with Crippen molar-refractivity contribution in [2.45, 2.75) is 52.8 Å². The molecule has 0 saturated carbocycles. The SMILES string of the molecule is CCNC(=NCC1CN(C)CCO1)NCCN(C(C)C)C(C)C.I. The summed E-state index contributed by atoms with van der Waals surface area (Å²) in [5.41, 5.74) is 0. The van der Waals surface area contributed by atoms with Gasteiger partial charge in [0.05, 0.1) is 19.3 Å². The number of nitrogens with zero attached hydrogens (tertiary/aromatic N) is 3. The fourth-order valence-electron chi connectivity index (χ4n) is 2.93. The van der Waals surface area contributed by atoms with Gasteiger partial charge in [0.2, 0.25) is 0 Å². The number of likely N-dealkylation sites (N-methyl/N-ethyl adjacent to an activating group) is 1. The number of morpholine rings is 1. The first-order valence-electron chi connectivity index (χ1n) is 9.02. The van der Waals surface area contributed by atoms with Crippen molar-refractivity contribution >= 4 is 29.9 Å². The molecule has 1 rings (SSSR count). The summed E-state index contributed by atoms with van der Waals surface area (Å²) in [6, 6.07) is 1.12. The van der Waals surface area contributed by atoms with Gasteiger partial charge in [0.1, 0.15) is 0 Å². The van der Waals surface area contributed by atoms with Gasteiger partial charge in [-0.1, -0.05) is 0 Å². The summed E-state index contributed by atoms with van der Waals surface area (Å²) >= 11 is 0. The van der Waals surface area contributed by atoms with Crippen molar-refractivity contribution in [1.29, 1.82) is 0 Å². The summed E-state index contributed by atoms with van der Waals surface area (Å²) in [6.07, 6.45) is 0.201. The first kappa shape index (κ1) is 23.9. The highest BCUT2D eigenvalue weighted by molar-refractivity contribution is 14.0. The Morgan fingerprint density at radius 3 is 2.46 bits per heavy atom. The van der Waals surface area contributed by atoms with Crippen molar-refractivity contribution in [3.8, 4) is 0 Å². The molecule has 0 bridgehead atoms. The van der Waals surface area contributed by atoms with E-state index in [1.165, 1.54) is 0 Å². The van der Waals surface area contributed by atoms with E-state index in [9.17, 15) is 0 Å². The average molecular weight is 455 g/mol. The Morgan fingerprint density at radius 2 is 1.92 bits per heavy atom. The van der Waals surface area contributed by atoms with Crippen LogP contribution in [0.4, 0.5) is 0 Å². The van der Waals surface area contributed by atoms with Gasteiger partial charge in [-0.3, -0.25) is 9.89 Å². The normalized spacial score (nSPS) is 19.7. The number of hydrogen-bond acceptors (Lipinski definition) is 4. The highest BCUT2D eigenvalue weighted by atomic mass is 127. The third kappa shape index (κ3) is 9.39. The Hall–Kier alpha value is -0.120. The average Bonchev–Trinajstić information content (AvgIpc) is 2.48. The number of aliphatic imine (C=N–C) groups is 1. The molecule has 0 aromatic rings. The molecule has 0 spiro atoms. The lowest BCUT2D eigenvalue weighted by Crippen LogP contribution is -2.46. The fourth-order valence-corrected chi connectivity index (χ4v) is 2.93. The van der Waals surface area contributed by atoms with Crippen molar-refractivity contribution in [2.24, 2.45) is 4.99 Å². The summed E-state index contributed by atoms with van der Waals surface area (Å²) in [6.45, 7) is 17.3. The summed E-state index contributed by atoms with van der Waals surface area (Å²) < 4.78 is 5.77. The zero-order valence-electron chi connectivity index (χ0n) is 16.3. The molecule has 1 saturated heterocycles. The summed E-state index contributed by atoms with van der Waals surface area (Å²) in [4.78, 5) is 9.46. The lowest BCUT2D eigenvalue weighted by molar-refractivity contribution is -0.0136. The third-order valence-corrected chi connectivity index (χ3v) is 4.13. The molecular formula is C17H38IN5O. The minimum atomic E-state index is 0. The Balaban J connectivity index is 0.00000529. The van der Waals surface area contributed by atoms with E-state index in [0.29, 0.717) is 18.6 Å². The summed E-state index contributed by atoms with van der Waals surface area (Å²) in [7, 11) is 2.13. The topological polar surface area (TPSA) is 52.1 Å². The van der Waals surface area contributed by atoms with Crippen molar-refractivity contribution in [3.63, 3.8) is 0 Å². The second-order valence-electron chi connectivity index (χ2n) is 6.83. The zero-order chi connectivity index (χ0) is 17.2. The molecule has 1 atom stereocenters.